The molecule has 7 nitrogen and oxygen atoms in total. The van der Waals surface area contributed by atoms with Gasteiger partial charge >= 0.3 is 5.69 Å². The molecule has 3 aromatic rings. The van der Waals surface area contributed by atoms with Crippen molar-refractivity contribution in [2.75, 3.05) is 25.7 Å². The van der Waals surface area contributed by atoms with Crippen molar-refractivity contribution >= 4 is 32.5 Å². The van der Waals surface area contributed by atoms with Gasteiger partial charge in [0, 0.05) is 17.3 Å². The van der Waals surface area contributed by atoms with E-state index in [-0.39, 0.29) is 17.5 Å². The van der Waals surface area contributed by atoms with Gasteiger partial charge in [-0.2, -0.15) is 0 Å². The SMILES string of the molecule is CCOc1cc(C(CS(C)(=O)=O)n2c(=O)n(C3CC3)c3cc(Cl)ccc32)ccc1OC. The minimum absolute atomic E-state index is 0.114. The lowest BCUT2D eigenvalue weighted by atomic mass is 10.1. The summed E-state index contributed by atoms with van der Waals surface area (Å²) in [6.45, 7) is 2.29. The number of nitrogens with zero attached hydrogens (tertiary/aromatic N) is 2. The molecule has 1 atom stereocenters. The van der Waals surface area contributed by atoms with E-state index >= 15 is 0 Å². The van der Waals surface area contributed by atoms with Crippen molar-refractivity contribution in [1.82, 2.24) is 9.13 Å². The van der Waals surface area contributed by atoms with Gasteiger partial charge in [-0.05, 0) is 55.7 Å². The standard InChI is InChI=1S/C22H25ClN2O5S/c1-4-30-21-11-14(5-10-20(21)29-2)19(13-31(3,27)28)25-17-9-6-15(23)12-18(17)24(22(25)26)16-7-8-16/h5-6,9-12,16,19H,4,7-8,13H2,1-3H3. The van der Waals surface area contributed by atoms with Crippen LogP contribution in [0.25, 0.3) is 11.0 Å². The quantitative estimate of drug-likeness (QED) is 0.506. The highest BCUT2D eigenvalue weighted by Crippen LogP contribution is 2.38. The fourth-order valence-corrected chi connectivity index (χ4v) is 5.06. The second kappa shape index (κ2) is 8.24. The largest absolute Gasteiger partial charge is 0.493 e. The molecule has 0 saturated heterocycles. The van der Waals surface area contributed by atoms with E-state index in [0.717, 1.165) is 18.4 Å². The first-order chi connectivity index (χ1) is 14.7. The number of imidazole rings is 1. The lowest BCUT2D eigenvalue weighted by molar-refractivity contribution is 0.310. The summed E-state index contributed by atoms with van der Waals surface area (Å²) in [6.07, 6.45) is 3.01. The molecular weight excluding hydrogens is 440 g/mol. The molecule has 1 fully saturated rings. The first-order valence-electron chi connectivity index (χ1n) is 10.1. The van der Waals surface area contributed by atoms with E-state index in [2.05, 4.69) is 0 Å². The highest BCUT2D eigenvalue weighted by atomic mass is 35.5. The van der Waals surface area contributed by atoms with Crippen molar-refractivity contribution < 1.29 is 17.9 Å². The van der Waals surface area contributed by atoms with Crippen LogP contribution in [-0.4, -0.2) is 43.3 Å². The van der Waals surface area contributed by atoms with E-state index in [0.29, 0.717) is 34.2 Å². The number of hydrogen-bond acceptors (Lipinski definition) is 5. The van der Waals surface area contributed by atoms with Crippen LogP contribution in [0.4, 0.5) is 0 Å². The third-order valence-corrected chi connectivity index (χ3v) is 6.58. The molecule has 0 aliphatic heterocycles. The molecule has 1 unspecified atom stereocenters. The van der Waals surface area contributed by atoms with Crippen LogP contribution in [0, 0.1) is 0 Å². The Morgan fingerprint density at radius 2 is 1.87 bits per heavy atom. The van der Waals surface area contributed by atoms with Crippen molar-refractivity contribution in [1.29, 1.82) is 0 Å². The zero-order valence-corrected chi connectivity index (χ0v) is 19.2. The predicted octanol–water partition coefficient (Wildman–Crippen LogP) is 3.83. The molecule has 1 aromatic heterocycles. The number of methoxy groups -OCH3 is 1. The number of fused-ring (bicyclic) bond motifs is 1. The van der Waals surface area contributed by atoms with Gasteiger partial charge in [0.15, 0.2) is 11.5 Å². The molecule has 0 N–H and O–H groups in total. The lowest BCUT2D eigenvalue weighted by Crippen LogP contribution is -2.31. The van der Waals surface area contributed by atoms with Gasteiger partial charge < -0.3 is 9.47 Å². The maximum atomic E-state index is 13.5. The molecule has 4 rings (SSSR count). The Balaban J connectivity index is 1.97. The minimum atomic E-state index is -3.42. The van der Waals surface area contributed by atoms with E-state index in [1.807, 2.05) is 6.92 Å². The lowest BCUT2D eigenvalue weighted by Gasteiger charge is -2.20. The van der Waals surface area contributed by atoms with Gasteiger partial charge in [-0.25, -0.2) is 13.2 Å². The summed E-state index contributed by atoms with van der Waals surface area (Å²) in [4.78, 5) is 13.5. The molecule has 0 radical (unpaired) electrons. The molecular formula is C22H25ClN2O5S. The fourth-order valence-electron chi connectivity index (χ4n) is 3.98. The van der Waals surface area contributed by atoms with Crippen molar-refractivity contribution in [3.8, 4) is 11.5 Å². The number of sulfone groups is 1. The van der Waals surface area contributed by atoms with Gasteiger partial charge in [-0.1, -0.05) is 17.7 Å². The van der Waals surface area contributed by atoms with Crippen LogP contribution in [0.15, 0.2) is 41.2 Å². The minimum Gasteiger partial charge on any atom is -0.493 e. The smallest absolute Gasteiger partial charge is 0.329 e. The van der Waals surface area contributed by atoms with E-state index in [1.54, 1.807) is 52.6 Å². The highest BCUT2D eigenvalue weighted by Gasteiger charge is 2.32. The molecule has 2 aromatic carbocycles. The molecule has 9 heteroatoms. The molecule has 1 aliphatic rings. The van der Waals surface area contributed by atoms with Crippen LogP contribution < -0.4 is 15.2 Å². The van der Waals surface area contributed by atoms with Crippen LogP contribution in [-0.2, 0) is 9.84 Å². The first kappa shape index (κ1) is 21.8. The molecule has 0 spiro atoms. The second-order valence-electron chi connectivity index (χ2n) is 7.84. The zero-order valence-electron chi connectivity index (χ0n) is 17.7. The van der Waals surface area contributed by atoms with Gasteiger partial charge in [0.05, 0.1) is 36.5 Å². The van der Waals surface area contributed by atoms with Crippen LogP contribution >= 0.6 is 11.6 Å². The summed E-state index contributed by atoms with van der Waals surface area (Å²) in [5.74, 6) is 0.822. The predicted molar refractivity (Wildman–Crippen MR) is 121 cm³/mol. The van der Waals surface area contributed by atoms with E-state index in [1.165, 1.54) is 6.26 Å². The molecule has 166 valence electrons. The highest BCUT2D eigenvalue weighted by molar-refractivity contribution is 7.90. The molecule has 0 bridgehead atoms. The van der Waals surface area contributed by atoms with Gasteiger partial charge in [-0.15, -0.1) is 0 Å². The van der Waals surface area contributed by atoms with Crippen LogP contribution in [0.3, 0.4) is 0 Å². The van der Waals surface area contributed by atoms with Crippen LogP contribution in [0.2, 0.25) is 5.02 Å². The van der Waals surface area contributed by atoms with Crippen molar-refractivity contribution in [3.05, 3.63) is 57.5 Å². The Morgan fingerprint density at radius 3 is 2.48 bits per heavy atom. The summed E-state index contributed by atoms with van der Waals surface area (Å²) in [7, 11) is -1.87. The van der Waals surface area contributed by atoms with Crippen LogP contribution in [0.5, 0.6) is 11.5 Å². The Hall–Kier alpha value is -2.45. The summed E-state index contributed by atoms with van der Waals surface area (Å²) in [6, 6.07) is 9.91. The van der Waals surface area contributed by atoms with Crippen molar-refractivity contribution in [2.45, 2.75) is 31.8 Å². The topological polar surface area (TPSA) is 79.5 Å². The Bertz CT molecular complexity index is 1290. The summed E-state index contributed by atoms with van der Waals surface area (Å²) in [5.41, 5.74) is 1.80. The van der Waals surface area contributed by atoms with Gasteiger partial charge in [-0.3, -0.25) is 9.13 Å². The molecule has 1 aliphatic carbocycles. The summed E-state index contributed by atoms with van der Waals surface area (Å²) in [5, 5.41) is 0.529. The number of rotatable bonds is 8. The zero-order chi connectivity index (χ0) is 22.3. The first-order valence-corrected chi connectivity index (χ1v) is 12.6. The van der Waals surface area contributed by atoms with Gasteiger partial charge in [0.25, 0.3) is 0 Å². The Labute approximate surface area is 186 Å². The summed E-state index contributed by atoms with van der Waals surface area (Å²) < 4.78 is 39.1. The number of aromatic nitrogens is 2. The molecule has 1 saturated carbocycles. The van der Waals surface area contributed by atoms with Crippen molar-refractivity contribution in [3.63, 3.8) is 0 Å². The van der Waals surface area contributed by atoms with Gasteiger partial charge in [0.1, 0.15) is 9.84 Å². The number of benzene rings is 2. The molecule has 1 heterocycles. The number of halogens is 1. The number of hydrogen-bond donors (Lipinski definition) is 0. The average molecular weight is 465 g/mol. The summed E-state index contributed by atoms with van der Waals surface area (Å²) >= 11 is 6.22. The molecule has 31 heavy (non-hydrogen) atoms. The van der Waals surface area contributed by atoms with E-state index in [9.17, 15) is 13.2 Å². The third kappa shape index (κ3) is 4.32. The average Bonchev–Trinajstić information content (AvgIpc) is 3.49. The van der Waals surface area contributed by atoms with Crippen molar-refractivity contribution in [2.24, 2.45) is 0 Å². The van der Waals surface area contributed by atoms with Gasteiger partial charge in [0.2, 0.25) is 0 Å². The van der Waals surface area contributed by atoms with E-state index < -0.39 is 15.9 Å². The Kier molecular flexibility index (Phi) is 5.79. The fraction of sp³-hybridized carbons (Fsp3) is 0.409. The monoisotopic (exact) mass is 464 g/mol. The van der Waals surface area contributed by atoms with E-state index in [4.69, 9.17) is 21.1 Å². The maximum absolute atomic E-state index is 13.5. The second-order valence-corrected chi connectivity index (χ2v) is 10.5. The number of ether oxygens (including phenoxy) is 2. The molecule has 0 amide bonds. The van der Waals surface area contributed by atoms with Crippen LogP contribution in [0.1, 0.15) is 37.4 Å². The third-order valence-electron chi connectivity index (χ3n) is 5.43. The Morgan fingerprint density at radius 1 is 1.13 bits per heavy atom. The maximum Gasteiger partial charge on any atom is 0.329 e. The normalized spacial score (nSPS) is 15.2.